The van der Waals surface area contributed by atoms with Crippen LogP contribution in [-0.4, -0.2) is 70.9 Å². The van der Waals surface area contributed by atoms with Crippen molar-refractivity contribution in [2.75, 3.05) is 0 Å². The van der Waals surface area contributed by atoms with Gasteiger partial charge in [0.1, 0.15) is 35.1 Å². The van der Waals surface area contributed by atoms with E-state index in [0.717, 1.165) is 153 Å². The summed E-state index contributed by atoms with van der Waals surface area (Å²) in [4.78, 5) is 76.9. The number of hydrogen-bond donors (Lipinski definition) is 0. The molecule has 12 saturated carbocycles. The highest BCUT2D eigenvalue weighted by Crippen LogP contribution is 2.62. The Labute approximate surface area is 488 Å². The van der Waals surface area contributed by atoms with Crippen molar-refractivity contribution in [1.29, 1.82) is 0 Å². The molecule has 0 heterocycles. The summed E-state index contributed by atoms with van der Waals surface area (Å²) in [5.41, 5.74) is -2.10. The summed E-state index contributed by atoms with van der Waals surface area (Å²) in [6.07, 6.45) is 29.9. The first-order chi connectivity index (χ1) is 38.3. The SMILES string of the molecule is CCC(C)(C)C(=O)OC1CC2CC(C(=O)OC3(C)CCCCC3)C1C2.CCC(C)(C)C(=O)OC1CC2CC(C(=O)OC3(CC)C4CC5CC(C4)CC3C5)C1C2.CCC1(OC(=O)C2CC3CC(OC(=O)C(C)(C)CC)C2C3)CCCCC1. The van der Waals surface area contributed by atoms with Crippen LogP contribution in [-0.2, 0) is 57.2 Å². The lowest BCUT2D eigenvalue weighted by atomic mass is 9.49. The highest BCUT2D eigenvalue weighted by molar-refractivity contribution is 5.79. The van der Waals surface area contributed by atoms with E-state index in [0.29, 0.717) is 29.6 Å². The van der Waals surface area contributed by atoms with E-state index in [-0.39, 0.29) is 106 Å². The molecule has 12 unspecified atom stereocenters. The minimum Gasteiger partial charge on any atom is -0.462 e. The van der Waals surface area contributed by atoms with Crippen LogP contribution < -0.4 is 0 Å². The molecule has 0 aromatic carbocycles. The molecule has 12 aliphatic carbocycles. The summed E-state index contributed by atoms with van der Waals surface area (Å²) in [5.74, 6) is 4.21. The van der Waals surface area contributed by atoms with Crippen molar-refractivity contribution in [2.45, 2.75) is 304 Å². The van der Waals surface area contributed by atoms with E-state index in [1.54, 1.807) is 0 Å². The predicted molar refractivity (Wildman–Crippen MR) is 311 cm³/mol. The number of ether oxygens (including phenoxy) is 6. The molecule has 12 atom stereocenters. The lowest BCUT2D eigenvalue weighted by Gasteiger charge is -2.60. The van der Waals surface area contributed by atoms with E-state index >= 15 is 0 Å². The Bertz CT molecular complexity index is 2220. The van der Waals surface area contributed by atoms with Crippen LogP contribution in [0.4, 0.5) is 0 Å². The topological polar surface area (TPSA) is 158 Å². The van der Waals surface area contributed by atoms with Crippen LogP contribution in [0.25, 0.3) is 0 Å². The molecule has 12 aliphatic rings. The van der Waals surface area contributed by atoms with Crippen molar-refractivity contribution < 1.29 is 57.2 Å². The molecule has 0 aliphatic heterocycles. The molecular weight excluding hydrogens is 1020 g/mol. The Morgan fingerprint density at radius 1 is 0.383 bits per heavy atom. The standard InChI is InChI=1S/C26H40O4.C22H36O4.C21H34O4/c1-5-25(3,4)24(28)29-22-14-17-12-20(22)21(13-17)23(27)30-26(6-2)18-8-15-7-16(10-18)11-19(26)9-15;1-5-21(3,4)20(24)25-18-14-15-12-16(18)17(13-15)19(23)26-22(6-2)10-8-7-9-11-22;1-5-20(2,3)19(23)24-17-13-14-11-15(17)16(12-14)18(22)25-21(4)9-7-6-8-10-21/h15-22H,5-14H2,1-4H3;15-18H,5-14H2,1-4H3;14-17H,5-13H2,1-4H3. The largest absolute Gasteiger partial charge is 0.462 e. The predicted octanol–water partition coefficient (Wildman–Crippen LogP) is 15.2. The summed E-state index contributed by atoms with van der Waals surface area (Å²) in [5, 5.41) is 0. The smallest absolute Gasteiger partial charge is 0.311 e. The summed E-state index contributed by atoms with van der Waals surface area (Å²) in [6, 6.07) is 0. The highest BCUT2D eigenvalue weighted by atomic mass is 16.6. The monoisotopic (exact) mass is 1130 g/mol. The van der Waals surface area contributed by atoms with Crippen LogP contribution >= 0.6 is 0 Å². The van der Waals surface area contributed by atoms with E-state index in [1.807, 2.05) is 62.3 Å². The first-order valence-electron chi connectivity index (χ1n) is 33.6. The second kappa shape index (κ2) is 24.7. The molecule has 0 saturated heterocycles. The maximum absolute atomic E-state index is 13.5. The van der Waals surface area contributed by atoms with Gasteiger partial charge in [0.2, 0.25) is 0 Å². The third kappa shape index (κ3) is 13.2. The molecule has 12 fully saturated rings. The zero-order chi connectivity index (χ0) is 58.5. The van der Waals surface area contributed by atoms with Gasteiger partial charge in [0, 0.05) is 17.8 Å². The van der Waals surface area contributed by atoms with E-state index in [9.17, 15) is 28.8 Å². The van der Waals surface area contributed by atoms with Crippen molar-refractivity contribution in [1.82, 2.24) is 0 Å². The molecule has 0 aromatic rings. The zero-order valence-corrected chi connectivity index (χ0v) is 52.6. The van der Waals surface area contributed by atoms with E-state index < -0.39 is 16.2 Å². The molecule has 10 bridgehead atoms. The normalized spacial score (nSPS) is 38.2. The summed E-state index contributed by atoms with van der Waals surface area (Å²) >= 11 is 0. The van der Waals surface area contributed by atoms with Gasteiger partial charge in [-0.15, -0.1) is 0 Å². The molecular formula is C69H110O12. The van der Waals surface area contributed by atoms with E-state index in [1.165, 1.54) is 44.9 Å². The van der Waals surface area contributed by atoms with Crippen molar-refractivity contribution >= 4 is 35.8 Å². The van der Waals surface area contributed by atoms with Crippen molar-refractivity contribution in [3.05, 3.63) is 0 Å². The first kappa shape index (κ1) is 62.4. The van der Waals surface area contributed by atoms with Gasteiger partial charge in [-0.05, 0) is 263 Å². The lowest BCUT2D eigenvalue weighted by molar-refractivity contribution is -0.217. The number of carbonyl (C=O) groups excluding carboxylic acids is 6. The van der Waals surface area contributed by atoms with Crippen molar-refractivity contribution in [3.8, 4) is 0 Å². The Hall–Kier alpha value is -3.18. The molecule has 0 amide bonds. The Kier molecular flexibility index (Phi) is 19.0. The fourth-order valence-electron chi connectivity index (χ4n) is 18.2. The van der Waals surface area contributed by atoms with Crippen LogP contribution in [0.15, 0.2) is 0 Å². The van der Waals surface area contributed by atoms with Gasteiger partial charge in [0.05, 0.1) is 34.0 Å². The molecule has 0 aromatic heterocycles. The Balaban J connectivity index is 0.000000148. The number of hydrogen-bond acceptors (Lipinski definition) is 12. The van der Waals surface area contributed by atoms with Crippen molar-refractivity contribution in [3.63, 3.8) is 0 Å². The van der Waals surface area contributed by atoms with Gasteiger partial charge in [-0.1, -0.05) is 47.5 Å². The average Bonchev–Trinajstić information content (AvgIpc) is 4.52. The molecule has 12 nitrogen and oxygen atoms in total. The molecule has 0 N–H and O–H groups in total. The Morgan fingerprint density at radius 2 is 0.716 bits per heavy atom. The van der Waals surface area contributed by atoms with Crippen LogP contribution in [0.3, 0.4) is 0 Å². The maximum Gasteiger partial charge on any atom is 0.311 e. The minimum absolute atomic E-state index is 0.0207. The van der Waals surface area contributed by atoms with Crippen LogP contribution in [0.2, 0.25) is 0 Å². The summed E-state index contributed by atoms with van der Waals surface area (Å²) < 4.78 is 36.4. The molecule has 0 radical (unpaired) electrons. The quantitative estimate of drug-likeness (QED) is 0.100. The lowest BCUT2D eigenvalue weighted by Crippen LogP contribution is -2.60. The maximum atomic E-state index is 13.5. The van der Waals surface area contributed by atoms with Gasteiger partial charge >= 0.3 is 35.8 Å². The van der Waals surface area contributed by atoms with Gasteiger partial charge in [-0.2, -0.15) is 0 Å². The van der Waals surface area contributed by atoms with Gasteiger partial charge < -0.3 is 28.4 Å². The van der Waals surface area contributed by atoms with Gasteiger partial charge in [0.25, 0.3) is 0 Å². The fraction of sp³-hybridized carbons (Fsp3) is 0.913. The second-order valence-corrected chi connectivity index (χ2v) is 31.1. The number of fused-ring (bicyclic) bond motifs is 6. The van der Waals surface area contributed by atoms with E-state index in [2.05, 4.69) is 20.8 Å². The third-order valence-electron chi connectivity index (χ3n) is 24.6. The molecule has 458 valence electrons. The summed E-state index contributed by atoms with van der Waals surface area (Å²) in [7, 11) is 0. The summed E-state index contributed by atoms with van der Waals surface area (Å²) in [6.45, 7) is 24.1. The highest BCUT2D eigenvalue weighted by Gasteiger charge is 2.61. The van der Waals surface area contributed by atoms with Crippen LogP contribution in [0, 0.1) is 93.2 Å². The van der Waals surface area contributed by atoms with Gasteiger partial charge in [0.15, 0.2) is 0 Å². The van der Waals surface area contributed by atoms with Crippen LogP contribution in [0.1, 0.15) is 269 Å². The molecule has 12 heteroatoms. The molecule has 81 heavy (non-hydrogen) atoms. The first-order valence-corrected chi connectivity index (χ1v) is 33.6. The minimum atomic E-state index is -0.454. The second-order valence-electron chi connectivity index (χ2n) is 31.1. The number of rotatable bonds is 17. The molecule has 12 rings (SSSR count). The zero-order valence-electron chi connectivity index (χ0n) is 52.6. The average molecular weight is 1130 g/mol. The van der Waals surface area contributed by atoms with Crippen molar-refractivity contribution in [2.24, 2.45) is 93.2 Å². The Morgan fingerprint density at radius 3 is 1.05 bits per heavy atom. The fourth-order valence-corrected chi connectivity index (χ4v) is 18.2. The third-order valence-corrected chi connectivity index (χ3v) is 24.6. The van der Waals surface area contributed by atoms with Gasteiger partial charge in [-0.25, -0.2) is 0 Å². The molecule has 0 spiro atoms. The number of carbonyl (C=O) groups is 6. The van der Waals surface area contributed by atoms with Gasteiger partial charge in [-0.3, -0.25) is 28.8 Å². The van der Waals surface area contributed by atoms with E-state index in [4.69, 9.17) is 28.4 Å². The van der Waals surface area contributed by atoms with Crippen LogP contribution in [0.5, 0.6) is 0 Å². The number of esters is 6.